The van der Waals surface area contributed by atoms with Crippen LogP contribution in [0.4, 0.5) is 0 Å². The van der Waals surface area contributed by atoms with E-state index in [0.717, 1.165) is 12.2 Å². The van der Waals surface area contributed by atoms with E-state index in [0.29, 0.717) is 17.2 Å². The van der Waals surface area contributed by atoms with Crippen molar-refractivity contribution in [3.63, 3.8) is 0 Å². The van der Waals surface area contributed by atoms with Crippen LogP contribution in [-0.4, -0.2) is 50.7 Å². The third-order valence-electron chi connectivity index (χ3n) is 4.32. The topological polar surface area (TPSA) is 32.3 Å². The molecular formula is C14H21ClN4. The maximum absolute atomic E-state index is 5.77. The Kier molecular flexibility index (Phi) is 3.28. The van der Waals surface area contributed by atoms with Gasteiger partial charge in [0.05, 0.1) is 5.69 Å². The Bertz CT molecular complexity index is 442. The van der Waals surface area contributed by atoms with E-state index in [9.17, 15) is 0 Å². The van der Waals surface area contributed by atoms with Crippen LogP contribution in [0.25, 0.3) is 0 Å². The Balaban J connectivity index is 1.63. The molecule has 19 heavy (non-hydrogen) atoms. The minimum Gasteiger partial charge on any atom is -0.295 e. The Morgan fingerprint density at radius 1 is 1.21 bits per heavy atom. The van der Waals surface area contributed by atoms with Crippen LogP contribution in [0, 0.1) is 0 Å². The van der Waals surface area contributed by atoms with Gasteiger partial charge in [0, 0.05) is 37.3 Å². The van der Waals surface area contributed by atoms with Crippen molar-refractivity contribution in [1.82, 2.24) is 20.0 Å². The number of halogens is 1. The Labute approximate surface area is 119 Å². The number of piperidine rings is 1. The fourth-order valence-corrected chi connectivity index (χ4v) is 3.21. The van der Waals surface area contributed by atoms with Crippen molar-refractivity contribution in [2.75, 3.05) is 13.1 Å². The van der Waals surface area contributed by atoms with E-state index < -0.39 is 0 Å². The Morgan fingerprint density at radius 3 is 2.42 bits per heavy atom. The van der Waals surface area contributed by atoms with Gasteiger partial charge in [0.25, 0.3) is 0 Å². The van der Waals surface area contributed by atoms with E-state index in [1.165, 1.54) is 19.5 Å². The molecule has 0 saturated carbocycles. The molecule has 2 bridgehead atoms. The summed E-state index contributed by atoms with van der Waals surface area (Å²) in [5, 5.41) is 8.54. The largest absolute Gasteiger partial charge is 0.295 e. The first kappa shape index (κ1) is 13.3. The molecule has 4 heterocycles. The van der Waals surface area contributed by atoms with Gasteiger partial charge in [-0.15, -0.1) is 5.10 Å². The first-order valence-corrected chi connectivity index (χ1v) is 7.30. The first-order valence-electron chi connectivity index (χ1n) is 6.92. The summed E-state index contributed by atoms with van der Waals surface area (Å²) in [4.78, 5) is 5.15. The van der Waals surface area contributed by atoms with Crippen LogP contribution >= 0.6 is 11.6 Å². The normalized spacial score (nSPS) is 28.2. The van der Waals surface area contributed by atoms with Gasteiger partial charge < -0.3 is 0 Å². The molecule has 2 unspecified atom stereocenters. The van der Waals surface area contributed by atoms with Crippen LogP contribution in [0.5, 0.6) is 0 Å². The third-order valence-corrected chi connectivity index (χ3v) is 4.53. The number of rotatable bonds is 2. The van der Waals surface area contributed by atoms with Crippen molar-refractivity contribution in [2.24, 2.45) is 0 Å². The van der Waals surface area contributed by atoms with E-state index in [4.69, 9.17) is 11.6 Å². The molecule has 3 aliphatic rings. The quantitative estimate of drug-likeness (QED) is 0.831. The first-order chi connectivity index (χ1) is 8.93. The van der Waals surface area contributed by atoms with Crippen molar-refractivity contribution in [1.29, 1.82) is 0 Å². The van der Waals surface area contributed by atoms with Gasteiger partial charge in [-0.25, -0.2) is 0 Å². The van der Waals surface area contributed by atoms with Gasteiger partial charge in [0.2, 0.25) is 0 Å². The highest BCUT2D eigenvalue weighted by Gasteiger charge is 2.46. The number of piperazine rings is 1. The molecule has 3 aliphatic heterocycles. The summed E-state index contributed by atoms with van der Waals surface area (Å²) in [6, 6.07) is 5.15. The zero-order chi connectivity index (χ0) is 13.6. The second-order valence-electron chi connectivity index (χ2n) is 6.64. The lowest BCUT2D eigenvalue weighted by Crippen LogP contribution is -2.70. The van der Waals surface area contributed by atoms with Crippen molar-refractivity contribution in [3.05, 3.63) is 23.0 Å². The molecule has 0 N–H and O–H groups in total. The monoisotopic (exact) mass is 280 g/mol. The molecule has 2 atom stereocenters. The number of hydrogen-bond donors (Lipinski definition) is 0. The maximum atomic E-state index is 5.77. The molecule has 0 amide bonds. The van der Waals surface area contributed by atoms with Crippen LogP contribution < -0.4 is 0 Å². The number of nitrogens with zero attached hydrogens (tertiary/aromatic N) is 4. The van der Waals surface area contributed by atoms with E-state index >= 15 is 0 Å². The van der Waals surface area contributed by atoms with Crippen molar-refractivity contribution >= 4 is 11.6 Å². The molecule has 104 valence electrons. The van der Waals surface area contributed by atoms with E-state index in [2.05, 4.69) is 40.8 Å². The molecule has 3 saturated heterocycles. The van der Waals surface area contributed by atoms with Gasteiger partial charge >= 0.3 is 0 Å². The Morgan fingerprint density at radius 2 is 1.89 bits per heavy atom. The summed E-state index contributed by atoms with van der Waals surface area (Å²) in [5.74, 6) is 0. The number of fused-ring (bicyclic) bond motifs is 2. The summed E-state index contributed by atoms with van der Waals surface area (Å²) < 4.78 is 0. The average molecular weight is 281 g/mol. The molecule has 0 spiro atoms. The predicted octanol–water partition coefficient (Wildman–Crippen LogP) is 2.19. The van der Waals surface area contributed by atoms with Gasteiger partial charge in [-0.05, 0) is 39.3 Å². The molecule has 1 aromatic heterocycles. The van der Waals surface area contributed by atoms with E-state index in [1.807, 2.05) is 12.1 Å². The van der Waals surface area contributed by atoms with Gasteiger partial charge in [-0.3, -0.25) is 9.80 Å². The lowest BCUT2D eigenvalue weighted by molar-refractivity contribution is -0.100. The fraction of sp³-hybridized carbons (Fsp3) is 0.714. The lowest BCUT2D eigenvalue weighted by Gasteiger charge is -2.59. The highest BCUT2D eigenvalue weighted by Crippen LogP contribution is 2.36. The fourth-order valence-electron chi connectivity index (χ4n) is 3.11. The van der Waals surface area contributed by atoms with Crippen LogP contribution in [0.2, 0.25) is 5.15 Å². The summed E-state index contributed by atoms with van der Waals surface area (Å²) in [6.45, 7) is 10.1. The van der Waals surface area contributed by atoms with Gasteiger partial charge in [-0.1, -0.05) is 11.6 Å². The SMILES string of the molecule is CC(C)(C)N1CC2CC(C1)N2Cc1ccc(Cl)nn1. The van der Waals surface area contributed by atoms with Crippen LogP contribution in [0.1, 0.15) is 32.9 Å². The van der Waals surface area contributed by atoms with Crippen molar-refractivity contribution in [2.45, 2.75) is 51.4 Å². The zero-order valence-electron chi connectivity index (χ0n) is 11.8. The minimum absolute atomic E-state index is 0.281. The van der Waals surface area contributed by atoms with Crippen molar-refractivity contribution in [3.8, 4) is 0 Å². The highest BCUT2D eigenvalue weighted by atomic mass is 35.5. The standard InChI is InChI=1S/C14H21ClN4/c1-14(2,3)18-8-11-6-12(9-18)19(11)7-10-4-5-13(15)17-16-10/h4-5,11-12H,6-9H2,1-3H3. The van der Waals surface area contributed by atoms with Gasteiger partial charge in [-0.2, -0.15) is 5.10 Å². The highest BCUT2D eigenvalue weighted by molar-refractivity contribution is 6.29. The predicted molar refractivity (Wildman–Crippen MR) is 76.1 cm³/mol. The van der Waals surface area contributed by atoms with Crippen LogP contribution in [0.3, 0.4) is 0 Å². The molecule has 4 nitrogen and oxygen atoms in total. The third kappa shape index (κ3) is 2.62. The summed E-state index contributed by atoms with van der Waals surface area (Å²) >= 11 is 5.77. The molecule has 5 heteroatoms. The molecular weight excluding hydrogens is 260 g/mol. The van der Waals surface area contributed by atoms with Crippen molar-refractivity contribution < 1.29 is 0 Å². The van der Waals surface area contributed by atoms with E-state index in [-0.39, 0.29) is 5.54 Å². The zero-order valence-corrected chi connectivity index (χ0v) is 12.6. The maximum Gasteiger partial charge on any atom is 0.151 e. The molecule has 0 aliphatic carbocycles. The molecule has 0 radical (unpaired) electrons. The lowest BCUT2D eigenvalue weighted by atomic mass is 9.84. The Hall–Kier alpha value is -0.710. The van der Waals surface area contributed by atoms with Crippen LogP contribution in [-0.2, 0) is 6.54 Å². The molecule has 1 aromatic rings. The van der Waals surface area contributed by atoms with Gasteiger partial charge in [0.15, 0.2) is 5.15 Å². The summed E-state index contributed by atoms with van der Waals surface area (Å²) in [5.41, 5.74) is 1.30. The number of hydrogen-bond acceptors (Lipinski definition) is 4. The van der Waals surface area contributed by atoms with E-state index in [1.54, 1.807) is 0 Å². The minimum atomic E-state index is 0.281. The molecule has 3 fully saturated rings. The van der Waals surface area contributed by atoms with Crippen LogP contribution in [0.15, 0.2) is 12.1 Å². The average Bonchev–Trinajstić information content (AvgIpc) is 2.37. The summed E-state index contributed by atoms with van der Waals surface area (Å²) in [7, 11) is 0. The molecule has 0 aromatic carbocycles. The second kappa shape index (κ2) is 4.69. The second-order valence-corrected chi connectivity index (χ2v) is 7.03. The number of aromatic nitrogens is 2. The summed E-state index contributed by atoms with van der Waals surface area (Å²) in [6.07, 6.45) is 1.33. The van der Waals surface area contributed by atoms with Gasteiger partial charge in [0.1, 0.15) is 0 Å². The molecule has 4 rings (SSSR count). The smallest absolute Gasteiger partial charge is 0.151 e.